The van der Waals surface area contributed by atoms with Crippen molar-refractivity contribution in [3.05, 3.63) is 71.3 Å². The molecule has 0 saturated heterocycles. The van der Waals surface area contributed by atoms with Crippen molar-refractivity contribution in [2.45, 2.75) is 11.8 Å². The van der Waals surface area contributed by atoms with Gasteiger partial charge in [0.05, 0.1) is 10.5 Å². The zero-order valence-electron chi connectivity index (χ0n) is 14.7. The van der Waals surface area contributed by atoms with Crippen LogP contribution in [0.4, 0.5) is 13.2 Å². The second-order valence-corrected chi connectivity index (χ2v) is 7.66. The van der Waals surface area contributed by atoms with E-state index >= 15 is 0 Å². The van der Waals surface area contributed by atoms with Gasteiger partial charge in [-0.1, -0.05) is 18.2 Å². The number of hydrogen-bond donors (Lipinski definition) is 1. The zero-order valence-corrected chi connectivity index (χ0v) is 15.5. The Labute approximate surface area is 158 Å². The highest BCUT2D eigenvalue weighted by atomic mass is 32.2. The average Bonchev–Trinajstić information content (AvgIpc) is 2.95. The predicted molar refractivity (Wildman–Crippen MR) is 94.3 cm³/mol. The summed E-state index contributed by atoms with van der Waals surface area (Å²) >= 11 is 0. The molecule has 6 nitrogen and oxygen atoms in total. The Morgan fingerprint density at radius 2 is 1.71 bits per heavy atom. The Bertz CT molecular complexity index is 1170. The molecule has 1 amide bonds. The summed E-state index contributed by atoms with van der Waals surface area (Å²) in [7, 11) is -2.82. The van der Waals surface area contributed by atoms with Gasteiger partial charge < -0.3 is 4.57 Å². The van der Waals surface area contributed by atoms with Gasteiger partial charge in [0.1, 0.15) is 29.0 Å². The summed E-state index contributed by atoms with van der Waals surface area (Å²) in [6.45, 7) is 1.57. The first kappa shape index (κ1) is 19.6. The van der Waals surface area contributed by atoms with Crippen LogP contribution in [0.5, 0.6) is 0 Å². The Morgan fingerprint density at radius 3 is 2.32 bits per heavy atom. The maximum atomic E-state index is 14.0. The Hall–Kier alpha value is -3.14. The molecule has 0 fully saturated rings. The second-order valence-electron chi connectivity index (χ2n) is 6.01. The van der Waals surface area contributed by atoms with Gasteiger partial charge >= 0.3 is 0 Å². The first-order valence-corrected chi connectivity index (χ1v) is 9.39. The highest BCUT2D eigenvalue weighted by Gasteiger charge is 2.24. The van der Waals surface area contributed by atoms with Gasteiger partial charge in [-0.3, -0.25) is 4.79 Å². The number of carbonyl (C=O) groups is 1. The maximum Gasteiger partial charge on any atom is 0.285 e. The summed E-state index contributed by atoms with van der Waals surface area (Å²) in [5.41, 5.74) is -0.581. The largest absolute Gasteiger partial charge is 0.333 e. The SMILES string of the molecule is Cc1ccccc1S(=O)(=O)NC(=O)c1cn(C)c(-c2c(F)cc(F)cc2F)n1. The number of hydrogen-bond acceptors (Lipinski definition) is 4. The minimum absolute atomic E-state index is 0.0878. The van der Waals surface area contributed by atoms with Crippen molar-refractivity contribution in [3.63, 3.8) is 0 Å². The van der Waals surface area contributed by atoms with Gasteiger partial charge in [-0.2, -0.15) is 0 Å². The molecule has 1 heterocycles. The number of carbonyl (C=O) groups excluding carboxylic acids is 1. The molecule has 0 bridgehead atoms. The van der Waals surface area contributed by atoms with Crippen molar-refractivity contribution in [2.75, 3.05) is 0 Å². The average molecular weight is 409 g/mol. The lowest BCUT2D eigenvalue weighted by Gasteiger charge is -2.07. The lowest BCUT2D eigenvalue weighted by Crippen LogP contribution is -2.31. The number of sulfonamides is 1. The summed E-state index contributed by atoms with van der Waals surface area (Å²) in [6, 6.07) is 7.01. The Morgan fingerprint density at radius 1 is 1.11 bits per heavy atom. The van der Waals surface area contributed by atoms with Crippen LogP contribution in [0.25, 0.3) is 11.4 Å². The van der Waals surface area contributed by atoms with Crippen molar-refractivity contribution in [3.8, 4) is 11.4 Å². The highest BCUT2D eigenvalue weighted by molar-refractivity contribution is 7.90. The quantitative estimate of drug-likeness (QED) is 0.719. The number of aromatic nitrogens is 2. The summed E-state index contributed by atoms with van der Waals surface area (Å²) in [5.74, 6) is -4.88. The number of halogens is 3. The van der Waals surface area contributed by atoms with Crippen molar-refractivity contribution in [1.29, 1.82) is 0 Å². The van der Waals surface area contributed by atoms with E-state index in [0.29, 0.717) is 17.7 Å². The Balaban J connectivity index is 1.96. The van der Waals surface area contributed by atoms with Crippen LogP contribution in [-0.2, 0) is 17.1 Å². The third kappa shape index (κ3) is 3.63. The van der Waals surface area contributed by atoms with E-state index < -0.39 is 38.9 Å². The van der Waals surface area contributed by atoms with Crippen LogP contribution in [0.1, 0.15) is 16.1 Å². The van der Waals surface area contributed by atoms with Crippen LogP contribution in [0.3, 0.4) is 0 Å². The molecular weight excluding hydrogens is 395 g/mol. The summed E-state index contributed by atoms with van der Waals surface area (Å²) in [4.78, 5) is 16.1. The maximum absolute atomic E-state index is 14.0. The fraction of sp³-hybridized carbons (Fsp3) is 0.111. The lowest BCUT2D eigenvalue weighted by atomic mass is 10.2. The van der Waals surface area contributed by atoms with Crippen molar-refractivity contribution in [1.82, 2.24) is 14.3 Å². The van der Waals surface area contributed by atoms with Crippen molar-refractivity contribution >= 4 is 15.9 Å². The first-order valence-electron chi connectivity index (χ1n) is 7.91. The molecule has 146 valence electrons. The number of benzene rings is 2. The van der Waals surface area contributed by atoms with Gasteiger partial charge in [0.25, 0.3) is 15.9 Å². The molecule has 1 aromatic heterocycles. The van der Waals surface area contributed by atoms with Crippen LogP contribution in [0, 0.1) is 24.4 Å². The molecule has 0 saturated carbocycles. The lowest BCUT2D eigenvalue weighted by molar-refractivity contribution is 0.0977. The fourth-order valence-electron chi connectivity index (χ4n) is 2.65. The van der Waals surface area contributed by atoms with Crippen molar-refractivity contribution < 1.29 is 26.4 Å². The van der Waals surface area contributed by atoms with E-state index in [2.05, 4.69) is 4.98 Å². The highest BCUT2D eigenvalue weighted by Crippen LogP contribution is 2.26. The molecule has 0 radical (unpaired) electrons. The van der Waals surface area contributed by atoms with E-state index in [0.717, 1.165) is 10.8 Å². The molecule has 1 N–H and O–H groups in total. The molecule has 2 aromatic carbocycles. The van der Waals surface area contributed by atoms with Gasteiger partial charge in [0.2, 0.25) is 0 Å². The zero-order chi connectivity index (χ0) is 20.6. The van der Waals surface area contributed by atoms with Gasteiger partial charge in [-0.25, -0.2) is 31.3 Å². The first-order chi connectivity index (χ1) is 13.1. The van der Waals surface area contributed by atoms with Crippen LogP contribution in [0.15, 0.2) is 47.5 Å². The van der Waals surface area contributed by atoms with Gasteiger partial charge in [0.15, 0.2) is 0 Å². The number of amides is 1. The minimum Gasteiger partial charge on any atom is -0.333 e. The monoisotopic (exact) mass is 409 g/mol. The van der Waals surface area contributed by atoms with E-state index in [1.807, 2.05) is 4.72 Å². The van der Waals surface area contributed by atoms with Gasteiger partial charge in [-0.05, 0) is 18.6 Å². The molecular formula is C18H14F3N3O3S. The molecule has 3 rings (SSSR count). The second kappa shape index (κ2) is 7.12. The summed E-state index contributed by atoms with van der Waals surface area (Å²) in [5, 5.41) is 0. The standard InChI is InChI=1S/C18H14F3N3O3S/c1-10-5-3-4-6-15(10)28(26,27)23-18(25)14-9-24(2)17(22-14)16-12(20)7-11(19)8-13(16)21/h3-9H,1-2H3,(H,23,25). The van der Waals surface area contributed by atoms with E-state index in [4.69, 9.17) is 0 Å². The normalized spacial score (nSPS) is 11.5. The molecule has 0 aliphatic carbocycles. The molecule has 0 unspecified atom stereocenters. The molecule has 10 heteroatoms. The summed E-state index contributed by atoms with van der Waals surface area (Å²) < 4.78 is 68.9. The van der Waals surface area contributed by atoms with E-state index in [-0.39, 0.29) is 16.4 Å². The third-order valence-corrected chi connectivity index (χ3v) is 5.44. The van der Waals surface area contributed by atoms with Crippen LogP contribution < -0.4 is 4.72 Å². The molecule has 0 aliphatic heterocycles. The minimum atomic E-state index is -4.18. The Kier molecular flexibility index (Phi) is 4.99. The number of nitrogens with zero attached hydrogens (tertiary/aromatic N) is 2. The van der Waals surface area contributed by atoms with Crippen LogP contribution >= 0.6 is 0 Å². The summed E-state index contributed by atoms with van der Waals surface area (Å²) in [6.07, 6.45) is 1.11. The molecule has 3 aromatic rings. The number of nitrogens with one attached hydrogen (secondary N) is 1. The molecule has 0 spiro atoms. The number of aryl methyl sites for hydroxylation is 2. The number of rotatable bonds is 4. The fourth-order valence-corrected chi connectivity index (χ4v) is 3.86. The number of imidazole rings is 1. The van der Waals surface area contributed by atoms with Crippen LogP contribution in [0.2, 0.25) is 0 Å². The van der Waals surface area contributed by atoms with Crippen LogP contribution in [-0.4, -0.2) is 23.9 Å². The van der Waals surface area contributed by atoms with E-state index in [1.54, 1.807) is 19.1 Å². The van der Waals surface area contributed by atoms with Crippen molar-refractivity contribution in [2.24, 2.45) is 7.05 Å². The van der Waals surface area contributed by atoms with Gasteiger partial charge in [0, 0.05) is 25.4 Å². The van der Waals surface area contributed by atoms with E-state index in [1.165, 1.54) is 19.2 Å². The van der Waals surface area contributed by atoms with Gasteiger partial charge in [-0.15, -0.1) is 0 Å². The third-order valence-electron chi connectivity index (χ3n) is 3.95. The molecule has 0 atom stereocenters. The molecule has 0 aliphatic rings. The smallest absolute Gasteiger partial charge is 0.285 e. The predicted octanol–water partition coefficient (Wildman–Crippen LogP) is 2.93. The van der Waals surface area contributed by atoms with E-state index in [9.17, 15) is 26.4 Å². The topological polar surface area (TPSA) is 81.1 Å². The molecule has 28 heavy (non-hydrogen) atoms.